The Labute approximate surface area is 492 Å². The summed E-state index contributed by atoms with van der Waals surface area (Å²) in [7, 11) is 0. The Morgan fingerprint density at radius 3 is 1.10 bits per heavy atom. The molecule has 396 valence electrons. The molecule has 0 amide bonds. The van der Waals surface area contributed by atoms with Crippen LogP contribution < -0.4 is 10.2 Å². The lowest BCUT2D eigenvalue weighted by atomic mass is 10.1. The number of aromatic nitrogens is 4. The van der Waals surface area contributed by atoms with Crippen molar-refractivity contribution in [2.24, 2.45) is 0 Å². The van der Waals surface area contributed by atoms with Crippen LogP contribution in [0.2, 0.25) is 0 Å². The van der Waals surface area contributed by atoms with Crippen LogP contribution in [0.5, 0.6) is 0 Å². The molecule has 0 bridgehead atoms. The molecule has 16 aromatic rings. The van der Waals surface area contributed by atoms with Crippen LogP contribution in [0.3, 0.4) is 0 Å². The Kier molecular flexibility index (Phi) is 13.8. The van der Waals surface area contributed by atoms with Crippen molar-refractivity contribution in [2.45, 2.75) is 0 Å². The molecule has 0 unspecified atom stereocenters. The second kappa shape index (κ2) is 22.6. The molecule has 0 saturated carbocycles. The smallest absolute Gasteiger partial charge is 0.227 e. The Balaban J connectivity index is 0.000000124. The lowest BCUT2D eigenvalue weighted by molar-refractivity contribution is 0.619. The van der Waals surface area contributed by atoms with Crippen molar-refractivity contribution in [3.63, 3.8) is 0 Å². The van der Waals surface area contributed by atoms with E-state index in [1.165, 1.54) is 52.9 Å². The highest BCUT2D eigenvalue weighted by Crippen LogP contribution is 2.39. The molecule has 8 nitrogen and oxygen atoms in total. The van der Waals surface area contributed by atoms with E-state index >= 15 is 0 Å². The van der Waals surface area contributed by atoms with E-state index in [-0.39, 0.29) is 0 Å². The van der Waals surface area contributed by atoms with Gasteiger partial charge in [0, 0.05) is 76.1 Å². The van der Waals surface area contributed by atoms with Crippen molar-refractivity contribution in [3.8, 4) is 34.3 Å². The lowest BCUT2D eigenvalue weighted by Crippen LogP contribution is -2.10. The maximum Gasteiger partial charge on any atom is 0.227 e. The van der Waals surface area contributed by atoms with Crippen molar-refractivity contribution in [3.05, 3.63) is 307 Å². The summed E-state index contributed by atoms with van der Waals surface area (Å²) in [5, 5.41) is 8.54. The largest absolute Gasteiger partial charge is 0.436 e. The average molecular weight is 1180 g/mol. The molecule has 0 aliphatic carbocycles. The van der Waals surface area contributed by atoms with Gasteiger partial charge in [-0.05, 0) is 192 Å². The quantitative estimate of drug-likeness (QED) is 0.145. The minimum absolute atomic E-state index is 0.625. The molecule has 0 saturated heterocycles. The zero-order chi connectivity index (χ0) is 55.5. The molecule has 83 heavy (non-hydrogen) atoms. The number of benzene rings is 12. The molecule has 4 aromatic heterocycles. The van der Waals surface area contributed by atoms with Crippen molar-refractivity contribution in [1.82, 2.24) is 19.1 Å². The molecule has 0 atom stereocenters. The van der Waals surface area contributed by atoms with Crippen LogP contribution in [0.15, 0.2) is 312 Å². The highest BCUT2D eigenvalue weighted by molar-refractivity contribution is 14.1. The Morgan fingerprint density at radius 1 is 0.313 bits per heavy atom. The van der Waals surface area contributed by atoms with E-state index in [0.717, 1.165) is 67.5 Å². The summed E-state index contributed by atoms with van der Waals surface area (Å²) >= 11 is 2.28. The van der Waals surface area contributed by atoms with Crippen molar-refractivity contribution >= 4 is 117 Å². The Morgan fingerprint density at radius 2 is 0.651 bits per heavy atom. The third-order valence-electron chi connectivity index (χ3n) is 14.8. The lowest BCUT2D eigenvalue weighted by Gasteiger charge is -2.26. The number of oxazole rings is 2. The van der Waals surface area contributed by atoms with E-state index < -0.39 is 0 Å². The number of hydrogen-bond acceptors (Lipinski definition) is 6. The van der Waals surface area contributed by atoms with Gasteiger partial charge >= 0.3 is 0 Å². The van der Waals surface area contributed by atoms with Crippen LogP contribution in [0.4, 0.5) is 28.4 Å². The first-order valence-corrected chi connectivity index (χ1v) is 28.6. The van der Waals surface area contributed by atoms with Crippen LogP contribution in [0.25, 0.3) is 100 Å². The fraction of sp³-hybridized carbons (Fsp3) is 0. The van der Waals surface area contributed by atoms with Crippen LogP contribution in [-0.2, 0) is 0 Å². The Hall–Kier alpha value is -10.5. The van der Waals surface area contributed by atoms with Crippen molar-refractivity contribution in [2.75, 3.05) is 10.2 Å². The first kappa shape index (κ1) is 50.7. The number of para-hydroxylation sites is 10. The second-order valence-corrected chi connectivity index (χ2v) is 21.2. The van der Waals surface area contributed by atoms with E-state index in [9.17, 15) is 0 Å². The van der Waals surface area contributed by atoms with Crippen LogP contribution in [0, 0.1) is 3.57 Å². The molecule has 1 N–H and O–H groups in total. The van der Waals surface area contributed by atoms with Gasteiger partial charge in [0.15, 0.2) is 11.2 Å². The highest BCUT2D eigenvalue weighted by atomic mass is 127. The number of hydrogen-bond donors (Lipinski definition) is 1. The number of anilines is 5. The monoisotopic (exact) mass is 1180 g/mol. The van der Waals surface area contributed by atoms with Crippen LogP contribution >= 0.6 is 22.6 Å². The normalized spacial score (nSPS) is 11.2. The molecule has 16 rings (SSSR count). The van der Waals surface area contributed by atoms with E-state index in [2.05, 4.69) is 258 Å². The molecular formula is C74H51IN6O2. The third-order valence-corrected chi connectivity index (χ3v) is 15.5. The number of halogens is 1. The molecule has 9 heteroatoms. The molecule has 0 aliphatic rings. The fourth-order valence-corrected chi connectivity index (χ4v) is 11.3. The van der Waals surface area contributed by atoms with E-state index in [0.29, 0.717) is 11.8 Å². The SMILES string of the molecule is Ic1ccc(-c2nc3ccccc3o2)cc1.c1ccc(N(c2ccc(-c3nc4ccccc4o3)cc2)c2ccc(-n3c4ccccc4c4ccccc43)cc2)cc1.c1ccc(Nc2ccc(-n3c4ccccc4c4ccccc43)cc2)cc1. The fourth-order valence-electron chi connectivity index (χ4n) is 10.9. The van der Waals surface area contributed by atoms with E-state index in [1.807, 2.05) is 97.1 Å². The van der Waals surface area contributed by atoms with Crippen LogP contribution in [0.1, 0.15) is 0 Å². The van der Waals surface area contributed by atoms with Gasteiger partial charge in [-0.3, -0.25) is 0 Å². The third kappa shape index (κ3) is 10.3. The minimum atomic E-state index is 0.625. The maximum atomic E-state index is 6.01. The number of nitrogens with one attached hydrogen (secondary N) is 1. The summed E-state index contributed by atoms with van der Waals surface area (Å²) in [6.45, 7) is 0. The molecular weight excluding hydrogens is 1130 g/mol. The van der Waals surface area contributed by atoms with Gasteiger partial charge in [-0.15, -0.1) is 0 Å². The van der Waals surface area contributed by atoms with Gasteiger partial charge in [-0.25, -0.2) is 9.97 Å². The van der Waals surface area contributed by atoms with E-state index in [1.54, 1.807) is 0 Å². The predicted molar refractivity (Wildman–Crippen MR) is 351 cm³/mol. The molecule has 4 heterocycles. The number of fused-ring (bicyclic) bond motifs is 8. The average Bonchev–Trinajstić information content (AvgIpc) is 4.06. The standard InChI is InChI=1S/C37H25N3O.C24H18N2.C13H8INO/c1-2-10-27(11-3-1)39(28-20-18-26(19-21-28)37-38-33-14-6-9-17-36(33)41-37)29-22-24-30(25-23-29)40-34-15-7-4-12-31(34)32-13-5-8-16-35(32)40;1-2-8-18(9-3-1)25-19-14-16-20(17-15-19)26-23-12-6-4-10-21(23)22-11-5-7-13-24(22)26;14-10-7-5-9(6-8-10)13-15-11-3-1-2-4-12(11)16-13/h1-25H;1-17,25H;1-8H. The summed E-state index contributed by atoms with van der Waals surface area (Å²) in [6, 6.07) is 105. The Bertz CT molecular complexity index is 4700. The van der Waals surface area contributed by atoms with Crippen molar-refractivity contribution < 1.29 is 8.83 Å². The summed E-state index contributed by atoms with van der Waals surface area (Å²) in [4.78, 5) is 11.4. The summed E-state index contributed by atoms with van der Waals surface area (Å²) in [5.41, 5.74) is 17.9. The molecule has 12 aromatic carbocycles. The van der Waals surface area contributed by atoms with E-state index in [4.69, 9.17) is 8.83 Å². The molecule has 0 fully saturated rings. The highest BCUT2D eigenvalue weighted by Gasteiger charge is 2.17. The van der Waals surface area contributed by atoms with Crippen molar-refractivity contribution in [1.29, 1.82) is 0 Å². The predicted octanol–water partition coefficient (Wildman–Crippen LogP) is 20.7. The van der Waals surface area contributed by atoms with Gasteiger partial charge in [-0.1, -0.05) is 133 Å². The molecule has 0 spiro atoms. The second-order valence-electron chi connectivity index (χ2n) is 20.0. The summed E-state index contributed by atoms with van der Waals surface area (Å²) in [6.07, 6.45) is 0. The van der Waals surface area contributed by atoms with Gasteiger partial charge in [0.25, 0.3) is 0 Å². The zero-order valence-electron chi connectivity index (χ0n) is 44.8. The maximum absolute atomic E-state index is 6.01. The van der Waals surface area contributed by atoms with Gasteiger partial charge in [-0.2, -0.15) is 0 Å². The zero-order valence-corrected chi connectivity index (χ0v) is 47.0. The number of nitrogens with zero attached hydrogens (tertiary/aromatic N) is 5. The first-order valence-electron chi connectivity index (χ1n) is 27.5. The van der Waals surface area contributed by atoms with Gasteiger partial charge < -0.3 is 28.2 Å². The van der Waals surface area contributed by atoms with Gasteiger partial charge in [0.1, 0.15) is 11.0 Å². The molecule has 0 aliphatic heterocycles. The summed E-state index contributed by atoms with van der Waals surface area (Å²) in [5.74, 6) is 1.30. The minimum Gasteiger partial charge on any atom is -0.436 e. The topological polar surface area (TPSA) is 77.2 Å². The molecule has 0 radical (unpaired) electrons. The van der Waals surface area contributed by atoms with Crippen LogP contribution in [-0.4, -0.2) is 19.1 Å². The van der Waals surface area contributed by atoms with Gasteiger partial charge in [0.2, 0.25) is 11.8 Å². The summed E-state index contributed by atoms with van der Waals surface area (Å²) < 4.78 is 17.6. The van der Waals surface area contributed by atoms with Gasteiger partial charge in [0.05, 0.1) is 22.1 Å². The first-order chi connectivity index (χ1) is 41.1. The number of rotatable bonds is 9.